The fourth-order valence-electron chi connectivity index (χ4n) is 3.28. The zero-order chi connectivity index (χ0) is 20.9. The van der Waals surface area contributed by atoms with Gasteiger partial charge in [-0.1, -0.05) is 66.2 Å². The first-order valence-electron chi connectivity index (χ1n) is 9.54. The molecule has 0 fully saturated rings. The maximum atomic E-state index is 12.9. The summed E-state index contributed by atoms with van der Waals surface area (Å²) in [5, 5.41) is 13.4. The van der Waals surface area contributed by atoms with Gasteiger partial charge in [0.2, 0.25) is 0 Å². The Labute approximate surface area is 179 Å². The van der Waals surface area contributed by atoms with Crippen LogP contribution >= 0.6 is 11.6 Å². The summed E-state index contributed by atoms with van der Waals surface area (Å²) in [6.45, 7) is 0.592. The van der Waals surface area contributed by atoms with Crippen molar-refractivity contribution in [2.45, 2.75) is 13.0 Å². The highest BCUT2D eigenvalue weighted by Crippen LogP contribution is 2.28. The summed E-state index contributed by atoms with van der Waals surface area (Å²) in [4.78, 5) is 12.9. The summed E-state index contributed by atoms with van der Waals surface area (Å²) < 4.78 is 5.24. The van der Waals surface area contributed by atoms with E-state index in [0.717, 1.165) is 27.6 Å². The largest absolute Gasteiger partial charge is 0.497 e. The topological polar surface area (TPSA) is 64.1 Å². The molecule has 0 atom stereocenters. The first-order valence-corrected chi connectivity index (χ1v) is 9.91. The third-order valence-electron chi connectivity index (χ3n) is 4.86. The number of aromatic nitrogens is 2. The number of halogens is 1. The van der Waals surface area contributed by atoms with E-state index >= 15 is 0 Å². The van der Waals surface area contributed by atoms with Crippen LogP contribution in [0.3, 0.4) is 0 Å². The molecule has 5 nitrogen and oxygen atoms in total. The van der Waals surface area contributed by atoms with Gasteiger partial charge in [-0.25, -0.2) is 0 Å². The molecule has 30 heavy (non-hydrogen) atoms. The fourth-order valence-corrected chi connectivity index (χ4v) is 3.48. The Bertz CT molecular complexity index is 1200. The van der Waals surface area contributed by atoms with Crippen molar-refractivity contribution in [3.63, 3.8) is 0 Å². The molecule has 0 aliphatic rings. The molecule has 0 aliphatic heterocycles. The van der Waals surface area contributed by atoms with Crippen molar-refractivity contribution in [2.24, 2.45) is 0 Å². The standard InChI is InChI=1S/C24H20ClN3O2/c1-30-19-9-5-8-17(12-19)13-22(29)18-10-11-20-21(14-18)24(28-27-23(20)25)26-15-16-6-3-2-4-7-16/h2-12,14H,13,15H2,1H3,(H,26,28). The quantitative estimate of drug-likeness (QED) is 0.412. The number of ketones is 1. The molecule has 3 aromatic carbocycles. The average molecular weight is 418 g/mol. The number of fused-ring (bicyclic) bond motifs is 1. The lowest BCUT2D eigenvalue weighted by Crippen LogP contribution is -2.06. The van der Waals surface area contributed by atoms with Crippen LogP contribution < -0.4 is 10.1 Å². The predicted molar refractivity (Wildman–Crippen MR) is 119 cm³/mol. The van der Waals surface area contributed by atoms with Gasteiger partial charge >= 0.3 is 0 Å². The molecule has 1 aromatic heterocycles. The molecule has 4 aromatic rings. The Morgan fingerprint density at radius 1 is 0.933 bits per heavy atom. The third-order valence-corrected chi connectivity index (χ3v) is 5.14. The smallest absolute Gasteiger partial charge is 0.167 e. The van der Waals surface area contributed by atoms with Gasteiger partial charge in [-0.05, 0) is 29.3 Å². The maximum Gasteiger partial charge on any atom is 0.167 e. The van der Waals surface area contributed by atoms with E-state index in [1.54, 1.807) is 13.2 Å². The summed E-state index contributed by atoms with van der Waals surface area (Å²) in [6, 6.07) is 22.9. The zero-order valence-corrected chi connectivity index (χ0v) is 17.2. The zero-order valence-electron chi connectivity index (χ0n) is 16.4. The second-order valence-electron chi connectivity index (χ2n) is 6.89. The second kappa shape index (κ2) is 8.93. The Hall–Kier alpha value is -3.44. The van der Waals surface area contributed by atoms with Gasteiger partial charge in [0.05, 0.1) is 7.11 Å². The Morgan fingerprint density at radius 3 is 2.53 bits per heavy atom. The van der Waals surface area contributed by atoms with E-state index < -0.39 is 0 Å². The minimum atomic E-state index is 0.00657. The molecule has 0 radical (unpaired) electrons. The molecule has 150 valence electrons. The van der Waals surface area contributed by atoms with Crippen LogP contribution in [0.4, 0.5) is 5.82 Å². The number of ether oxygens (including phenoxy) is 1. The molecule has 0 spiro atoms. The van der Waals surface area contributed by atoms with Gasteiger partial charge in [-0.15, -0.1) is 10.2 Å². The van der Waals surface area contributed by atoms with Crippen LogP contribution in [0.25, 0.3) is 10.8 Å². The van der Waals surface area contributed by atoms with E-state index in [0.29, 0.717) is 23.1 Å². The molecular weight excluding hydrogens is 398 g/mol. The summed E-state index contributed by atoms with van der Waals surface area (Å²) in [6.07, 6.45) is 0.279. The summed E-state index contributed by atoms with van der Waals surface area (Å²) in [5.74, 6) is 1.33. The number of hydrogen-bond donors (Lipinski definition) is 1. The average Bonchev–Trinajstić information content (AvgIpc) is 2.79. The molecule has 1 heterocycles. The summed E-state index contributed by atoms with van der Waals surface area (Å²) >= 11 is 6.24. The highest BCUT2D eigenvalue weighted by atomic mass is 35.5. The second-order valence-corrected chi connectivity index (χ2v) is 7.25. The number of Topliss-reactive ketones (excluding diaryl/α,β-unsaturated/α-hetero) is 1. The van der Waals surface area contributed by atoms with Gasteiger partial charge in [-0.3, -0.25) is 4.79 Å². The van der Waals surface area contributed by atoms with Crippen LogP contribution in [0, 0.1) is 0 Å². The van der Waals surface area contributed by atoms with Crippen LogP contribution in [-0.2, 0) is 13.0 Å². The van der Waals surface area contributed by atoms with Gasteiger partial charge in [0.15, 0.2) is 16.8 Å². The molecule has 6 heteroatoms. The molecule has 0 aliphatic carbocycles. The first kappa shape index (κ1) is 19.9. The van der Waals surface area contributed by atoms with Crippen LogP contribution in [0.1, 0.15) is 21.5 Å². The minimum Gasteiger partial charge on any atom is -0.497 e. The highest BCUT2D eigenvalue weighted by molar-refractivity contribution is 6.34. The van der Waals surface area contributed by atoms with Gasteiger partial charge in [0, 0.05) is 29.3 Å². The number of benzene rings is 3. The Morgan fingerprint density at radius 2 is 1.73 bits per heavy atom. The molecular formula is C24H20ClN3O2. The molecule has 0 unspecified atom stereocenters. The summed E-state index contributed by atoms with van der Waals surface area (Å²) in [7, 11) is 1.61. The van der Waals surface area contributed by atoms with Gasteiger partial charge in [-0.2, -0.15) is 0 Å². The van der Waals surface area contributed by atoms with Crippen LogP contribution in [0.2, 0.25) is 5.15 Å². The van der Waals surface area contributed by atoms with Crippen molar-refractivity contribution in [2.75, 3.05) is 12.4 Å². The molecule has 0 bridgehead atoms. The minimum absolute atomic E-state index is 0.00657. The molecule has 1 N–H and O–H groups in total. The fraction of sp³-hybridized carbons (Fsp3) is 0.125. The van der Waals surface area contributed by atoms with Crippen LogP contribution in [-0.4, -0.2) is 23.1 Å². The predicted octanol–water partition coefficient (Wildman–Crippen LogP) is 5.33. The van der Waals surface area contributed by atoms with Gasteiger partial charge < -0.3 is 10.1 Å². The normalized spacial score (nSPS) is 10.7. The summed E-state index contributed by atoms with van der Waals surface area (Å²) in [5.41, 5.74) is 2.61. The lowest BCUT2D eigenvalue weighted by atomic mass is 10.0. The Kier molecular flexibility index (Phi) is 5.91. The number of hydrogen-bond acceptors (Lipinski definition) is 5. The van der Waals surface area contributed by atoms with Gasteiger partial charge in [0.1, 0.15) is 5.75 Å². The van der Waals surface area contributed by atoms with E-state index in [1.807, 2.05) is 66.7 Å². The number of anilines is 1. The van der Waals surface area contributed by atoms with E-state index in [9.17, 15) is 4.79 Å². The van der Waals surface area contributed by atoms with Crippen molar-refractivity contribution in [1.82, 2.24) is 10.2 Å². The number of rotatable bonds is 7. The Balaban J connectivity index is 1.62. The van der Waals surface area contributed by atoms with Crippen LogP contribution in [0.15, 0.2) is 72.8 Å². The molecule has 0 saturated heterocycles. The lowest BCUT2D eigenvalue weighted by Gasteiger charge is -2.11. The number of carbonyl (C=O) groups is 1. The SMILES string of the molecule is COc1cccc(CC(=O)c2ccc3c(Cl)nnc(NCc4ccccc4)c3c2)c1. The number of nitrogens with zero attached hydrogens (tertiary/aromatic N) is 2. The van der Waals surface area contributed by atoms with Crippen molar-refractivity contribution in [1.29, 1.82) is 0 Å². The van der Waals surface area contributed by atoms with Crippen molar-refractivity contribution < 1.29 is 9.53 Å². The number of nitrogens with one attached hydrogen (secondary N) is 1. The first-order chi connectivity index (χ1) is 14.6. The van der Waals surface area contributed by atoms with Gasteiger partial charge in [0.25, 0.3) is 0 Å². The molecule has 0 saturated carbocycles. The van der Waals surface area contributed by atoms with Crippen molar-refractivity contribution in [3.05, 3.63) is 94.6 Å². The molecule has 0 amide bonds. The highest BCUT2D eigenvalue weighted by Gasteiger charge is 2.13. The van der Waals surface area contributed by atoms with E-state index in [-0.39, 0.29) is 12.2 Å². The lowest BCUT2D eigenvalue weighted by molar-refractivity contribution is 0.0993. The van der Waals surface area contributed by atoms with Crippen molar-refractivity contribution >= 4 is 34.0 Å². The maximum absolute atomic E-state index is 12.9. The van der Waals surface area contributed by atoms with E-state index in [2.05, 4.69) is 15.5 Å². The number of carbonyl (C=O) groups excluding carboxylic acids is 1. The van der Waals surface area contributed by atoms with Crippen molar-refractivity contribution in [3.8, 4) is 5.75 Å². The third kappa shape index (κ3) is 4.42. The van der Waals surface area contributed by atoms with E-state index in [1.165, 1.54) is 0 Å². The van der Waals surface area contributed by atoms with Crippen LogP contribution in [0.5, 0.6) is 5.75 Å². The monoisotopic (exact) mass is 417 g/mol. The van der Waals surface area contributed by atoms with E-state index in [4.69, 9.17) is 16.3 Å². The number of methoxy groups -OCH3 is 1. The molecule has 4 rings (SSSR count).